The number of thioether (sulfide) groups is 1. The first-order valence-electron chi connectivity index (χ1n) is 9.85. The zero-order valence-electron chi connectivity index (χ0n) is 16.0. The van der Waals surface area contributed by atoms with Gasteiger partial charge in [0.25, 0.3) is 0 Å². The largest absolute Gasteiger partial charge is 0.480 e. The van der Waals surface area contributed by atoms with Gasteiger partial charge < -0.3 is 5.11 Å². The van der Waals surface area contributed by atoms with E-state index in [0.717, 1.165) is 44.5 Å². The Kier molecular flexibility index (Phi) is 7.00. The Labute approximate surface area is 160 Å². The molecule has 6 nitrogen and oxygen atoms in total. The fourth-order valence-corrected chi connectivity index (χ4v) is 4.93. The highest BCUT2D eigenvalue weighted by Crippen LogP contribution is 2.27. The molecule has 2 aliphatic rings. The average Bonchev–Trinajstić information content (AvgIpc) is 3.09. The third-order valence-corrected chi connectivity index (χ3v) is 6.51. The molecule has 0 bridgehead atoms. The van der Waals surface area contributed by atoms with Crippen molar-refractivity contribution in [1.82, 2.24) is 19.6 Å². The number of carbonyl (C=O) groups is 1. The summed E-state index contributed by atoms with van der Waals surface area (Å²) in [5, 5.41) is 14.2. The second kappa shape index (κ2) is 9.24. The minimum atomic E-state index is -0.763. The lowest BCUT2D eigenvalue weighted by Crippen LogP contribution is -2.49. The summed E-state index contributed by atoms with van der Waals surface area (Å²) < 4.78 is 1.89. The van der Waals surface area contributed by atoms with E-state index in [-0.39, 0.29) is 0 Å². The van der Waals surface area contributed by atoms with Gasteiger partial charge in [0.15, 0.2) is 0 Å². The summed E-state index contributed by atoms with van der Waals surface area (Å²) in [6.07, 6.45) is 6.85. The van der Waals surface area contributed by atoms with Crippen LogP contribution in [0.2, 0.25) is 0 Å². The first-order valence-corrected chi connectivity index (χ1v) is 11.0. The zero-order valence-corrected chi connectivity index (χ0v) is 16.8. The molecule has 1 aromatic heterocycles. The third kappa shape index (κ3) is 5.02. The Balaban J connectivity index is 1.59. The number of rotatable bonds is 7. The molecule has 2 aliphatic heterocycles. The maximum absolute atomic E-state index is 12.0. The van der Waals surface area contributed by atoms with E-state index in [0.29, 0.717) is 12.0 Å². The van der Waals surface area contributed by atoms with Crippen molar-refractivity contribution in [3.05, 3.63) is 18.0 Å². The summed E-state index contributed by atoms with van der Waals surface area (Å²) in [7, 11) is 0. The van der Waals surface area contributed by atoms with Crippen molar-refractivity contribution in [2.24, 2.45) is 5.92 Å². The molecule has 146 valence electrons. The second-order valence-corrected chi connectivity index (χ2v) is 9.10. The predicted molar refractivity (Wildman–Crippen MR) is 106 cm³/mol. The molecule has 3 heterocycles. The van der Waals surface area contributed by atoms with Crippen molar-refractivity contribution in [3.8, 4) is 0 Å². The maximum Gasteiger partial charge on any atom is 0.325 e. The lowest BCUT2D eigenvalue weighted by atomic mass is 9.99. The minimum Gasteiger partial charge on any atom is -0.480 e. The molecular formula is C19H32N4O2S. The van der Waals surface area contributed by atoms with Gasteiger partial charge in [-0.3, -0.25) is 19.3 Å². The van der Waals surface area contributed by atoms with E-state index in [9.17, 15) is 9.90 Å². The van der Waals surface area contributed by atoms with E-state index in [1.807, 2.05) is 22.6 Å². The van der Waals surface area contributed by atoms with Gasteiger partial charge in [0.1, 0.15) is 6.04 Å². The van der Waals surface area contributed by atoms with Crippen LogP contribution in [0.25, 0.3) is 0 Å². The standard InChI is InChI=1S/C19H32N4O2S/c1-15(2)3-8-23-14-16(13-20-23)18(19(24)25)22-6-4-17(5-7-22)21-9-11-26-12-10-21/h13-15,17-18H,3-12H2,1-2H3,(H,24,25)/t18-/m1/s1. The highest BCUT2D eigenvalue weighted by Gasteiger charge is 2.33. The molecule has 1 atom stereocenters. The normalized spacial score (nSPS) is 22.0. The minimum absolute atomic E-state index is 0.569. The fourth-order valence-electron chi connectivity index (χ4n) is 3.99. The van der Waals surface area contributed by atoms with E-state index < -0.39 is 12.0 Å². The van der Waals surface area contributed by atoms with Gasteiger partial charge in [-0.15, -0.1) is 0 Å². The van der Waals surface area contributed by atoms with Crippen LogP contribution in [0.15, 0.2) is 12.4 Å². The molecule has 2 fully saturated rings. The quantitative estimate of drug-likeness (QED) is 0.784. The van der Waals surface area contributed by atoms with Gasteiger partial charge >= 0.3 is 5.97 Å². The molecule has 0 aliphatic carbocycles. The number of hydrogen-bond donors (Lipinski definition) is 1. The number of carboxylic acids is 1. The van der Waals surface area contributed by atoms with E-state index in [2.05, 4.69) is 28.7 Å². The zero-order chi connectivity index (χ0) is 18.5. The lowest BCUT2D eigenvalue weighted by Gasteiger charge is -2.41. The van der Waals surface area contributed by atoms with Crippen LogP contribution in [0.5, 0.6) is 0 Å². The molecule has 0 spiro atoms. The first-order chi connectivity index (χ1) is 12.5. The van der Waals surface area contributed by atoms with Gasteiger partial charge in [-0.2, -0.15) is 16.9 Å². The molecule has 0 radical (unpaired) electrons. The molecule has 3 rings (SSSR count). The molecule has 0 aromatic carbocycles. The Morgan fingerprint density at radius 3 is 2.58 bits per heavy atom. The van der Waals surface area contributed by atoms with E-state index in [1.54, 1.807) is 6.20 Å². The van der Waals surface area contributed by atoms with Gasteiger partial charge in [0, 0.05) is 62.0 Å². The molecule has 1 aromatic rings. The number of aryl methyl sites for hydroxylation is 1. The molecular weight excluding hydrogens is 348 g/mol. The maximum atomic E-state index is 12.0. The third-order valence-electron chi connectivity index (χ3n) is 5.56. The van der Waals surface area contributed by atoms with Crippen LogP contribution in [-0.4, -0.2) is 74.4 Å². The molecule has 0 unspecified atom stereocenters. The summed E-state index contributed by atoms with van der Waals surface area (Å²) in [5.41, 5.74) is 0.814. The van der Waals surface area contributed by atoms with Crippen LogP contribution in [0.1, 0.15) is 44.7 Å². The van der Waals surface area contributed by atoms with Gasteiger partial charge in [-0.1, -0.05) is 13.8 Å². The summed E-state index contributed by atoms with van der Waals surface area (Å²) in [6.45, 7) is 9.29. The Morgan fingerprint density at radius 2 is 1.96 bits per heavy atom. The van der Waals surface area contributed by atoms with Crippen molar-refractivity contribution in [3.63, 3.8) is 0 Å². The highest BCUT2D eigenvalue weighted by atomic mass is 32.2. The van der Waals surface area contributed by atoms with Crippen LogP contribution < -0.4 is 0 Å². The molecule has 0 saturated carbocycles. The number of piperidine rings is 1. The average molecular weight is 381 g/mol. The molecule has 0 amide bonds. The summed E-state index contributed by atoms with van der Waals surface area (Å²) in [5.74, 6) is 2.31. The fraction of sp³-hybridized carbons (Fsp3) is 0.789. The summed E-state index contributed by atoms with van der Waals surface area (Å²) in [4.78, 5) is 16.7. The van der Waals surface area contributed by atoms with Crippen LogP contribution in [0.4, 0.5) is 0 Å². The van der Waals surface area contributed by atoms with Gasteiger partial charge in [-0.05, 0) is 25.2 Å². The number of hydrogen-bond acceptors (Lipinski definition) is 5. The van der Waals surface area contributed by atoms with Crippen LogP contribution in [0.3, 0.4) is 0 Å². The predicted octanol–water partition coefficient (Wildman–Crippen LogP) is 2.57. The smallest absolute Gasteiger partial charge is 0.325 e. The van der Waals surface area contributed by atoms with Gasteiger partial charge in [-0.25, -0.2) is 0 Å². The van der Waals surface area contributed by atoms with Crippen molar-refractivity contribution in [1.29, 1.82) is 0 Å². The Bertz CT molecular complexity index is 578. The monoisotopic (exact) mass is 380 g/mol. The van der Waals surface area contributed by atoms with E-state index >= 15 is 0 Å². The van der Waals surface area contributed by atoms with Crippen molar-refractivity contribution >= 4 is 17.7 Å². The highest BCUT2D eigenvalue weighted by molar-refractivity contribution is 7.99. The molecule has 7 heteroatoms. The van der Waals surface area contributed by atoms with Crippen LogP contribution in [0, 0.1) is 5.92 Å². The van der Waals surface area contributed by atoms with Crippen LogP contribution >= 0.6 is 11.8 Å². The van der Waals surface area contributed by atoms with E-state index in [1.165, 1.54) is 24.6 Å². The number of aliphatic carboxylic acids is 1. The second-order valence-electron chi connectivity index (χ2n) is 7.88. The van der Waals surface area contributed by atoms with Crippen molar-refractivity contribution in [2.45, 2.75) is 51.7 Å². The SMILES string of the molecule is CC(C)CCn1cc([C@H](C(=O)O)N2CCC(N3CCSCC3)CC2)cn1. The number of nitrogens with zero attached hydrogens (tertiary/aromatic N) is 4. The lowest BCUT2D eigenvalue weighted by molar-refractivity contribution is -0.144. The number of aromatic nitrogens is 2. The first kappa shape index (κ1) is 19.7. The van der Waals surface area contributed by atoms with Crippen LogP contribution in [-0.2, 0) is 11.3 Å². The Hall–Kier alpha value is -1.05. The topological polar surface area (TPSA) is 61.6 Å². The number of carboxylic acid groups (broad SMARTS) is 1. The van der Waals surface area contributed by atoms with Crippen molar-refractivity contribution < 1.29 is 9.90 Å². The Morgan fingerprint density at radius 1 is 1.27 bits per heavy atom. The van der Waals surface area contributed by atoms with Gasteiger partial charge in [0.2, 0.25) is 0 Å². The van der Waals surface area contributed by atoms with Crippen molar-refractivity contribution in [2.75, 3.05) is 37.7 Å². The summed E-state index contributed by atoms with van der Waals surface area (Å²) >= 11 is 2.04. The van der Waals surface area contributed by atoms with Gasteiger partial charge in [0.05, 0.1) is 6.20 Å². The number of likely N-dealkylation sites (tertiary alicyclic amines) is 1. The van der Waals surface area contributed by atoms with E-state index in [4.69, 9.17) is 0 Å². The molecule has 1 N–H and O–H groups in total. The molecule has 2 saturated heterocycles. The summed E-state index contributed by atoms with van der Waals surface area (Å²) in [6, 6.07) is 0.0519. The molecule has 26 heavy (non-hydrogen) atoms.